The highest BCUT2D eigenvalue weighted by atomic mass is 32.1. The van der Waals surface area contributed by atoms with E-state index >= 15 is 0 Å². The molecule has 3 aromatic rings. The van der Waals surface area contributed by atoms with Crippen molar-refractivity contribution in [3.05, 3.63) is 82.0 Å². The Bertz CT molecular complexity index is 1010. The van der Waals surface area contributed by atoms with Gasteiger partial charge in [-0.3, -0.25) is 4.57 Å². The highest BCUT2D eigenvalue weighted by molar-refractivity contribution is 7.83. The lowest BCUT2D eigenvalue weighted by Gasteiger charge is -2.28. The van der Waals surface area contributed by atoms with E-state index in [2.05, 4.69) is 11.2 Å². The van der Waals surface area contributed by atoms with Crippen LogP contribution in [0.5, 0.6) is 0 Å². The van der Waals surface area contributed by atoms with Gasteiger partial charge >= 0.3 is 0 Å². The van der Waals surface area contributed by atoms with Gasteiger partial charge < -0.3 is 5.09 Å². The van der Waals surface area contributed by atoms with Gasteiger partial charge in [0, 0.05) is 21.7 Å². The average molecular weight is 348 g/mol. The molecule has 0 amide bonds. The SMILES string of the molecule is N#Cc1ccc(C2=Cc3ccccc3NP2(=O)c2ccsc2)cc1. The Kier molecular flexibility index (Phi) is 3.61. The van der Waals surface area contributed by atoms with E-state index in [-0.39, 0.29) is 0 Å². The third-order valence-corrected chi connectivity index (χ3v) is 7.53. The van der Waals surface area contributed by atoms with Crippen molar-refractivity contribution in [2.75, 3.05) is 5.09 Å². The molecule has 24 heavy (non-hydrogen) atoms. The summed E-state index contributed by atoms with van der Waals surface area (Å²) < 4.78 is 13.9. The van der Waals surface area contributed by atoms with Crippen LogP contribution in [0.4, 0.5) is 5.69 Å². The molecule has 0 saturated heterocycles. The van der Waals surface area contributed by atoms with Gasteiger partial charge in [-0.05, 0) is 46.8 Å². The highest BCUT2D eigenvalue weighted by Gasteiger charge is 2.34. The molecule has 2 heterocycles. The smallest absolute Gasteiger partial charge is 0.228 e. The monoisotopic (exact) mass is 348 g/mol. The number of anilines is 1. The molecular formula is C19H13N2OPS. The molecule has 0 fully saturated rings. The van der Waals surface area contributed by atoms with Gasteiger partial charge in [0.15, 0.2) is 0 Å². The molecule has 5 heteroatoms. The Morgan fingerprint density at radius 1 is 1.04 bits per heavy atom. The van der Waals surface area contributed by atoms with E-state index in [1.54, 1.807) is 12.1 Å². The average Bonchev–Trinajstić information content (AvgIpc) is 3.17. The summed E-state index contributed by atoms with van der Waals surface area (Å²) in [6, 6.07) is 19.1. The van der Waals surface area contributed by atoms with Gasteiger partial charge in [-0.15, -0.1) is 0 Å². The Labute approximate surface area is 144 Å². The maximum atomic E-state index is 13.9. The van der Waals surface area contributed by atoms with Crippen LogP contribution in [0.3, 0.4) is 0 Å². The second-order valence-electron chi connectivity index (χ2n) is 5.51. The van der Waals surface area contributed by atoms with Crippen LogP contribution in [-0.4, -0.2) is 0 Å². The maximum Gasteiger partial charge on any atom is 0.228 e. The maximum absolute atomic E-state index is 13.9. The predicted molar refractivity (Wildman–Crippen MR) is 101 cm³/mol. The number of hydrogen-bond acceptors (Lipinski definition) is 3. The van der Waals surface area contributed by atoms with Crippen molar-refractivity contribution in [3.8, 4) is 6.07 Å². The van der Waals surface area contributed by atoms with Gasteiger partial charge in [0.2, 0.25) is 7.29 Å². The van der Waals surface area contributed by atoms with E-state index < -0.39 is 7.29 Å². The summed E-state index contributed by atoms with van der Waals surface area (Å²) in [6.45, 7) is 0. The zero-order chi connectivity index (χ0) is 16.6. The van der Waals surface area contributed by atoms with Crippen LogP contribution in [0.15, 0.2) is 65.4 Å². The van der Waals surface area contributed by atoms with Crippen molar-refractivity contribution in [1.82, 2.24) is 0 Å². The summed E-state index contributed by atoms with van der Waals surface area (Å²) in [5, 5.41) is 17.7. The quantitative estimate of drug-likeness (QED) is 0.652. The molecule has 0 spiro atoms. The molecule has 3 nitrogen and oxygen atoms in total. The molecule has 116 valence electrons. The summed E-state index contributed by atoms with van der Waals surface area (Å²) in [6.07, 6.45) is 1.99. The first kappa shape index (κ1) is 15.0. The second-order valence-corrected chi connectivity index (χ2v) is 8.73. The number of thiophene rings is 1. The summed E-state index contributed by atoms with van der Waals surface area (Å²) in [4.78, 5) is 0. The van der Waals surface area contributed by atoms with Crippen LogP contribution in [0.1, 0.15) is 16.7 Å². The van der Waals surface area contributed by atoms with Crippen molar-refractivity contribution in [2.24, 2.45) is 0 Å². The van der Waals surface area contributed by atoms with Crippen molar-refractivity contribution in [3.63, 3.8) is 0 Å². The Hall–Kier alpha value is -2.60. The van der Waals surface area contributed by atoms with Crippen LogP contribution >= 0.6 is 18.6 Å². The van der Waals surface area contributed by atoms with Gasteiger partial charge in [-0.1, -0.05) is 30.3 Å². The fraction of sp³-hybridized carbons (Fsp3) is 0. The molecule has 0 saturated carbocycles. The van der Waals surface area contributed by atoms with E-state index in [1.807, 2.05) is 59.3 Å². The van der Waals surface area contributed by atoms with Gasteiger partial charge in [0.05, 0.1) is 11.6 Å². The highest BCUT2D eigenvalue weighted by Crippen LogP contribution is 2.61. The molecular weight excluding hydrogens is 335 g/mol. The molecule has 0 radical (unpaired) electrons. The van der Waals surface area contributed by atoms with Gasteiger partial charge in [0.1, 0.15) is 0 Å². The topological polar surface area (TPSA) is 52.9 Å². The van der Waals surface area contributed by atoms with Crippen molar-refractivity contribution in [2.45, 2.75) is 0 Å². The van der Waals surface area contributed by atoms with Crippen LogP contribution in [-0.2, 0) is 4.57 Å². The summed E-state index contributed by atoms with van der Waals surface area (Å²) in [5.74, 6) is 0. The fourth-order valence-electron chi connectivity index (χ4n) is 2.81. The number of para-hydroxylation sites is 1. The first-order chi connectivity index (χ1) is 11.7. The molecule has 1 aliphatic rings. The Morgan fingerprint density at radius 3 is 2.54 bits per heavy atom. The van der Waals surface area contributed by atoms with Gasteiger partial charge in [0.25, 0.3) is 0 Å². The molecule has 1 atom stereocenters. The first-order valence-electron chi connectivity index (χ1n) is 7.44. The van der Waals surface area contributed by atoms with E-state index in [0.29, 0.717) is 5.56 Å². The van der Waals surface area contributed by atoms with Crippen LogP contribution in [0, 0.1) is 11.3 Å². The Morgan fingerprint density at radius 2 is 1.83 bits per heavy atom. The van der Waals surface area contributed by atoms with E-state index in [9.17, 15) is 4.57 Å². The molecule has 0 bridgehead atoms. The van der Waals surface area contributed by atoms with E-state index in [4.69, 9.17) is 5.26 Å². The lowest BCUT2D eigenvalue weighted by Crippen LogP contribution is -2.14. The number of rotatable bonds is 2. The van der Waals surface area contributed by atoms with Crippen LogP contribution < -0.4 is 10.4 Å². The van der Waals surface area contributed by atoms with Crippen LogP contribution in [0.2, 0.25) is 0 Å². The van der Waals surface area contributed by atoms with E-state index in [0.717, 1.165) is 27.4 Å². The van der Waals surface area contributed by atoms with Crippen molar-refractivity contribution < 1.29 is 4.57 Å². The lowest BCUT2D eigenvalue weighted by atomic mass is 10.1. The fourth-order valence-corrected chi connectivity index (χ4v) is 6.40. The zero-order valence-corrected chi connectivity index (χ0v) is 14.4. The third kappa shape index (κ3) is 2.39. The molecule has 1 aromatic heterocycles. The molecule has 2 aromatic carbocycles. The lowest BCUT2D eigenvalue weighted by molar-refractivity contribution is 0.590. The molecule has 1 aliphatic heterocycles. The Balaban J connectivity index is 1.93. The molecule has 1 unspecified atom stereocenters. The number of nitrogens with zero attached hydrogens (tertiary/aromatic N) is 1. The standard InChI is InChI=1S/C19H13N2OPS/c20-12-14-5-7-15(8-6-14)19-11-16-3-1-2-4-18(16)21-23(19,22)17-9-10-24-13-17/h1-11,13H,(H,21,22). The predicted octanol–water partition coefficient (Wildman–Crippen LogP) is 5.15. The summed E-state index contributed by atoms with van der Waals surface area (Å²) >= 11 is 1.53. The van der Waals surface area contributed by atoms with Gasteiger partial charge in [-0.25, -0.2) is 0 Å². The zero-order valence-electron chi connectivity index (χ0n) is 12.6. The summed E-state index contributed by atoms with van der Waals surface area (Å²) in [5.41, 5.74) is 3.35. The minimum Gasteiger partial charge on any atom is -0.329 e. The largest absolute Gasteiger partial charge is 0.329 e. The minimum atomic E-state index is -2.97. The van der Waals surface area contributed by atoms with Crippen molar-refractivity contribution >= 4 is 41.0 Å². The minimum absolute atomic E-state index is 0.592. The molecule has 0 aliphatic carbocycles. The number of benzene rings is 2. The van der Waals surface area contributed by atoms with E-state index in [1.165, 1.54) is 11.3 Å². The van der Waals surface area contributed by atoms with Crippen molar-refractivity contribution in [1.29, 1.82) is 5.26 Å². The second kappa shape index (κ2) is 5.79. The number of nitrogens with one attached hydrogen (secondary N) is 1. The first-order valence-corrected chi connectivity index (χ1v) is 10.1. The number of hydrogen-bond donors (Lipinski definition) is 1. The van der Waals surface area contributed by atoms with Crippen LogP contribution in [0.25, 0.3) is 11.4 Å². The third-order valence-electron chi connectivity index (χ3n) is 4.05. The normalized spacial score (nSPS) is 18.9. The summed E-state index contributed by atoms with van der Waals surface area (Å²) in [7, 11) is -2.97. The van der Waals surface area contributed by atoms with Gasteiger partial charge in [-0.2, -0.15) is 16.6 Å². The molecule has 4 rings (SSSR count). The number of fused-ring (bicyclic) bond motifs is 1. The molecule has 1 N–H and O–H groups in total. The number of nitriles is 1.